The lowest BCUT2D eigenvalue weighted by atomic mass is 10.1. The van der Waals surface area contributed by atoms with Gasteiger partial charge in [-0.15, -0.1) is 0 Å². The van der Waals surface area contributed by atoms with Gasteiger partial charge in [-0.25, -0.2) is 8.42 Å². The Morgan fingerprint density at radius 2 is 1.88 bits per heavy atom. The van der Waals surface area contributed by atoms with Gasteiger partial charge in [0.1, 0.15) is 0 Å². The molecule has 0 aromatic heterocycles. The Balaban J connectivity index is 2.99. The molecule has 1 aliphatic heterocycles. The van der Waals surface area contributed by atoms with Crippen LogP contribution in [-0.4, -0.2) is 41.8 Å². The largest absolute Gasteiger partial charge is 0.395 e. The van der Waals surface area contributed by atoms with Crippen molar-refractivity contribution in [1.82, 2.24) is 4.31 Å². The number of hydrogen-bond acceptors (Lipinski definition) is 3. The molecule has 0 aromatic carbocycles. The molecule has 0 aromatic rings. The Morgan fingerprint density at radius 3 is 2.38 bits per heavy atom. The highest BCUT2D eigenvalue weighted by atomic mass is 32.2. The number of sulfonamides is 1. The minimum Gasteiger partial charge on any atom is -0.395 e. The lowest BCUT2D eigenvalue weighted by molar-refractivity contribution is 0.184. The van der Waals surface area contributed by atoms with E-state index in [-0.39, 0.29) is 12.6 Å². The van der Waals surface area contributed by atoms with Crippen molar-refractivity contribution in [3.8, 4) is 0 Å². The fourth-order valence-electron chi connectivity index (χ4n) is 2.00. The van der Waals surface area contributed by atoms with Crippen LogP contribution in [0.25, 0.3) is 0 Å². The third-order valence-electron chi connectivity index (χ3n) is 3.12. The van der Waals surface area contributed by atoms with Gasteiger partial charge in [-0.2, -0.15) is 4.31 Å². The van der Waals surface area contributed by atoms with Crippen molar-refractivity contribution in [2.24, 2.45) is 0 Å². The number of hydrogen-bond donors (Lipinski definition) is 1. The first-order valence-corrected chi connectivity index (χ1v) is 7.37. The normalized spacial score (nSPS) is 25.4. The Morgan fingerprint density at radius 1 is 1.25 bits per heavy atom. The molecule has 1 atom stereocenters. The first-order valence-electron chi connectivity index (χ1n) is 5.93. The van der Waals surface area contributed by atoms with Gasteiger partial charge in [-0.3, -0.25) is 0 Å². The summed E-state index contributed by atoms with van der Waals surface area (Å²) >= 11 is 0. The molecule has 96 valence electrons. The first-order chi connectivity index (χ1) is 7.30. The Bertz CT molecular complexity index is 319. The second-order valence-corrected chi connectivity index (χ2v) is 8.06. The van der Waals surface area contributed by atoms with Gasteiger partial charge in [0, 0.05) is 12.6 Å². The van der Waals surface area contributed by atoms with Crippen LogP contribution in [0.5, 0.6) is 0 Å². The lowest BCUT2D eigenvalue weighted by Crippen LogP contribution is -2.49. The molecule has 0 aliphatic carbocycles. The van der Waals surface area contributed by atoms with Gasteiger partial charge in [0.25, 0.3) is 0 Å². The zero-order valence-corrected chi connectivity index (χ0v) is 11.3. The summed E-state index contributed by atoms with van der Waals surface area (Å²) in [5, 5.41) is 9.31. The van der Waals surface area contributed by atoms with Crippen molar-refractivity contribution in [3.63, 3.8) is 0 Å². The van der Waals surface area contributed by atoms with Crippen molar-refractivity contribution in [2.75, 3.05) is 13.2 Å². The van der Waals surface area contributed by atoms with Crippen LogP contribution in [0.1, 0.15) is 46.5 Å². The SMILES string of the molecule is CC(C)(C)S(=O)(=O)N1CCCCCC1CO. The molecular formula is C11H23NO3S. The van der Waals surface area contributed by atoms with Crippen molar-refractivity contribution in [1.29, 1.82) is 0 Å². The lowest BCUT2D eigenvalue weighted by Gasteiger charge is -2.33. The summed E-state index contributed by atoms with van der Waals surface area (Å²) in [7, 11) is -3.31. The number of nitrogens with zero attached hydrogens (tertiary/aromatic N) is 1. The van der Waals surface area contributed by atoms with Crippen LogP contribution in [0.4, 0.5) is 0 Å². The quantitative estimate of drug-likeness (QED) is 0.803. The highest BCUT2D eigenvalue weighted by molar-refractivity contribution is 7.90. The molecular weight excluding hydrogens is 226 g/mol. The van der Waals surface area contributed by atoms with Crippen LogP contribution in [0.3, 0.4) is 0 Å². The van der Waals surface area contributed by atoms with Crippen molar-refractivity contribution >= 4 is 10.0 Å². The smallest absolute Gasteiger partial charge is 0.219 e. The maximum absolute atomic E-state index is 12.3. The van der Waals surface area contributed by atoms with E-state index < -0.39 is 14.8 Å². The average molecular weight is 249 g/mol. The average Bonchev–Trinajstić information content (AvgIpc) is 2.40. The second-order valence-electron chi connectivity index (χ2n) is 5.41. The predicted molar refractivity (Wildman–Crippen MR) is 64.7 cm³/mol. The van der Waals surface area contributed by atoms with Crippen LogP contribution in [0.15, 0.2) is 0 Å². The van der Waals surface area contributed by atoms with Crippen LogP contribution < -0.4 is 0 Å². The summed E-state index contributed by atoms with van der Waals surface area (Å²) in [6.07, 6.45) is 3.71. The molecule has 0 amide bonds. The summed E-state index contributed by atoms with van der Waals surface area (Å²) in [6.45, 7) is 5.60. The van der Waals surface area contributed by atoms with Gasteiger partial charge in [0.15, 0.2) is 0 Å². The zero-order valence-electron chi connectivity index (χ0n) is 10.4. The van der Waals surface area contributed by atoms with Crippen LogP contribution in [0.2, 0.25) is 0 Å². The maximum Gasteiger partial charge on any atom is 0.219 e. The van der Waals surface area contributed by atoms with Gasteiger partial charge in [0.05, 0.1) is 11.4 Å². The molecule has 1 fully saturated rings. The molecule has 1 heterocycles. The zero-order chi connectivity index (χ0) is 12.4. The number of aliphatic hydroxyl groups excluding tert-OH is 1. The second kappa shape index (κ2) is 5.02. The van der Waals surface area contributed by atoms with E-state index >= 15 is 0 Å². The van der Waals surface area contributed by atoms with Crippen molar-refractivity contribution < 1.29 is 13.5 Å². The third kappa shape index (κ3) is 2.76. The molecule has 4 nitrogen and oxygen atoms in total. The van der Waals surface area contributed by atoms with E-state index in [1.807, 2.05) is 0 Å². The third-order valence-corrected chi connectivity index (χ3v) is 5.76. The van der Waals surface area contributed by atoms with Crippen LogP contribution in [0, 0.1) is 0 Å². The molecule has 16 heavy (non-hydrogen) atoms. The molecule has 1 unspecified atom stereocenters. The van der Waals surface area contributed by atoms with Gasteiger partial charge in [-0.05, 0) is 33.6 Å². The molecule has 0 bridgehead atoms. The van der Waals surface area contributed by atoms with Crippen molar-refractivity contribution in [3.05, 3.63) is 0 Å². The molecule has 0 spiro atoms. The standard InChI is InChI=1S/C11H23NO3S/c1-11(2,3)16(14,15)12-8-6-4-5-7-10(12)9-13/h10,13H,4-9H2,1-3H3. The Labute approximate surface area is 98.7 Å². The molecule has 1 aliphatic rings. The van der Waals surface area contributed by atoms with E-state index in [1.165, 1.54) is 4.31 Å². The number of aliphatic hydroxyl groups is 1. The number of rotatable bonds is 2. The monoisotopic (exact) mass is 249 g/mol. The van der Waals surface area contributed by atoms with E-state index in [2.05, 4.69) is 0 Å². The highest BCUT2D eigenvalue weighted by Crippen LogP contribution is 2.27. The molecule has 5 heteroatoms. The molecule has 0 saturated carbocycles. The summed E-state index contributed by atoms with van der Waals surface area (Å²) in [5.41, 5.74) is 0. The van der Waals surface area contributed by atoms with Crippen LogP contribution in [-0.2, 0) is 10.0 Å². The van der Waals surface area contributed by atoms with E-state index in [0.29, 0.717) is 6.54 Å². The summed E-state index contributed by atoms with van der Waals surface area (Å²) < 4.78 is 25.4. The summed E-state index contributed by atoms with van der Waals surface area (Å²) in [4.78, 5) is 0. The molecule has 1 saturated heterocycles. The Kier molecular flexibility index (Phi) is 4.37. The topological polar surface area (TPSA) is 57.6 Å². The summed E-state index contributed by atoms with van der Waals surface area (Å²) in [5.74, 6) is 0. The van der Waals surface area contributed by atoms with Gasteiger partial charge < -0.3 is 5.11 Å². The molecule has 1 N–H and O–H groups in total. The fourth-order valence-corrected chi connectivity index (χ4v) is 3.64. The first kappa shape index (κ1) is 13.9. The van der Waals surface area contributed by atoms with Gasteiger partial charge >= 0.3 is 0 Å². The van der Waals surface area contributed by atoms with Crippen LogP contribution >= 0.6 is 0 Å². The minimum absolute atomic E-state index is 0.0741. The van der Waals surface area contributed by atoms with E-state index in [9.17, 15) is 13.5 Å². The highest BCUT2D eigenvalue weighted by Gasteiger charge is 2.39. The molecule has 1 rings (SSSR count). The fraction of sp³-hybridized carbons (Fsp3) is 1.00. The van der Waals surface area contributed by atoms with E-state index in [1.54, 1.807) is 20.8 Å². The maximum atomic E-state index is 12.3. The minimum atomic E-state index is -3.31. The van der Waals surface area contributed by atoms with Crippen molar-refractivity contribution in [2.45, 2.75) is 57.2 Å². The Hall–Kier alpha value is -0.130. The predicted octanol–water partition coefficient (Wildman–Crippen LogP) is 1.35. The molecule has 0 radical (unpaired) electrons. The van der Waals surface area contributed by atoms with E-state index in [4.69, 9.17) is 0 Å². The van der Waals surface area contributed by atoms with E-state index in [0.717, 1.165) is 25.7 Å². The van der Waals surface area contributed by atoms with Gasteiger partial charge in [-0.1, -0.05) is 12.8 Å². The van der Waals surface area contributed by atoms with Gasteiger partial charge in [0.2, 0.25) is 10.0 Å². The summed E-state index contributed by atoms with van der Waals surface area (Å²) in [6, 6.07) is -0.230.